The Labute approximate surface area is 58.7 Å². The summed E-state index contributed by atoms with van der Waals surface area (Å²) >= 11 is 0. The SMILES string of the molecule is O=CON1CCCC1C=O. The molecule has 1 fully saturated rings. The van der Waals surface area contributed by atoms with Crippen LogP contribution in [0.2, 0.25) is 0 Å². The molecule has 0 amide bonds. The number of hydroxylamine groups is 2. The summed E-state index contributed by atoms with van der Waals surface area (Å²) in [6.07, 6.45) is 2.51. The van der Waals surface area contributed by atoms with Gasteiger partial charge in [0.05, 0.1) is 0 Å². The first-order valence-electron chi connectivity index (χ1n) is 3.21. The fourth-order valence-electron chi connectivity index (χ4n) is 1.09. The molecule has 1 atom stereocenters. The Hall–Kier alpha value is -0.900. The maximum Gasteiger partial charge on any atom is 0.313 e. The molecule has 0 aliphatic carbocycles. The Morgan fingerprint density at radius 2 is 2.30 bits per heavy atom. The fourth-order valence-corrected chi connectivity index (χ4v) is 1.09. The average molecular weight is 143 g/mol. The van der Waals surface area contributed by atoms with Gasteiger partial charge in [0.1, 0.15) is 12.3 Å². The Kier molecular flexibility index (Phi) is 2.39. The van der Waals surface area contributed by atoms with Gasteiger partial charge in [-0.3, -0.25) is 4.79 Å². The summed E-state index contributed by atoms with van der Waals surface area (Å²) < 4.78 is 0. The number of nitrogens with zero attached hydrogens (tertiary/aromatic N) is 1. The van der Waals surface area contributed by atoms with Crippen molar-refractivity contribution in [1.82, 2.24) is 5.06 Å². The van der Waals surface area contributed by atoms with E-state index in [0.29, 0.717) is 13.0 Å². The van der Waals surface area contributed by atoms with E-state index in [9.17, 15) is 9.59 Å². The Morgan fingerprint density at radius 1 is 1.50 bits per heavy atom. The van der Waals surface area contributed by atoms with Crippen LogP contribution in [0.1, 0.15) is 12.8 Å². The normalized spacial score (nSPS) is 26.2. The summed E-state index contributed by atoms with van der Waals surface area (Å²) in [6.45, 7) is 1.02. The van der Waals surface area contributed by atoms with Gasteiger partial charge in [-0.1, -0.05) is 0 Å². The molecule has 1 aliphatic heterocycles. The van der Waals surface area contributed by atoms with Crippen molar-refractivity contribution in [2.24, 2.45) is 0 Å². The van der Waals surface area contributed by atoms with Crippen LogP contribution in [0, 0.1) is 0 Å². The Bertz CT molecular complexity index is 137. The van der Waals surface area contributed by atoms with Gasteiger partial charge < -0.3 is 9.63 Å². The van der Waals surface area contributed by atoms with Crippen LogP contribution < -0.4 is 0 Å². The highest BCUT2D eigenvalue weighted by molar-refractivity contribution is 5.58. The van der Waals surface area contributed by atoms with Crippen LogP contribution in [0.25, 0.3) is 0 Å². The number of aldehydes is 1. The summed E-state index contributed by atoms with van der Waals surface area (Å²) in [5.74, 6) is 0. The van der Waals surface area contributed by atoms with Crippen molar-refractivity contribution < 1.29 is 14.4 Å². The first kappa shape index (κ1) is 7.21. The second kappa shape index (κ2) is 3.31. The van der Waals surface area contributed by atoms with E-state index in [0.717, 1.165) is 19.1 Å². The van der Waals surface area contributed by atoms with Gasteiger partial charge in [0.15, 0.2) is 0 Å². The molecule has 4 nitrogen and oxygen atoms in total. The van der Waals surface area contributed by atoms with Gasteiger partial charge >= 0.3 is 6.47 Å². The van der Waals surface area contributed by atoms with Crippen molar-refractivity contribution in [2.45, 2.75) is 18.9 Å². The fraction of sp³-hybridized carbons (Fsp3) is 0.667. The first-order chi connectivity index (χ1) is 4.88. The molecule has 1 unspecified atom stereocenters. The third kappa shape index (κ3) is 1.33. The van der Waals surface area contributed by atoms with Crippen molar-refractivity contribution in [3.8, 4) is 0 Å². The molecule has 10 heavy (non-hydrogen) atoms. The molecule has 0 aromatic heterocycles. The summed E-state index contributed by atoms with van der Waals surface area (Å²) in [7, 11) is 0. The molecule has 0 saturated carbocycles. The van der Waals surface area contributed by atoms with Gasteiger partial charge in [-0.2, -0.15) is 0 Å². The highest BCUT2D eigenvalue weighted by Crippen LogP contribution is 2.14. The topological polar surface area (TPSA) is 46.6 Å². The van der Waals surface area contributed by atoms with Crippen molar-refractivity contribution >= 4 is 12.8 Å². The predicted molar refractivity (Wildman–Crippen MR) is 32.9 cm³/mol. The van der Waals surface area contributed by atoms with Crippen LogP contribution in [0.3, 0.4) is 0 Å². The largest absolute Gasteiger partial charge is 0.370 e. The smallest absolute Gasteiger partial charge is 0.313 e. The lowest BCUT2D eigenvalue weighted by atomic mass is 10.2. The van der Waals surface area contributed by atoms with Crippen LogP contribution >= 0.6 is 0 Å². The van der Waals surface area contributed by atoms with Gasteiger partial charge in [-0.15, -0.1) is 5.06 Å². The molecule has 56 valence electrons. The lowest BCUT2D eigenvalue weighted by molar-refractivity contribution is -0.177. The lowest BCUT2D eigenvalue weighted by Gasteiger charge is -2.14. The van der Waals surface area contributed by atoms with E-state index in [1.165, 1.54) is 5.06 Å². The molecule has 4 heteroatoms. The zero-order valence-electron chi connectivity index (χ0n) is 5.53. The van der Waals surface area contributed by atoms with E-state index in [4.69, 9.17) is 0 Å². The van der Waals surface area contributed by atoms with Crippen molar-refractivity contribution in [2.75, 3.05) is 6.54 Å². The van der Waals surface area contributed by atoms with E-state index in [1.54, 1.807) is 0 Å². The molecule has 1 aliphatic rings. The molecule has 0 radical (unpaired) electrons. The van der Waals surface area contributed by atoms with Gasteiger partial charge in [-0.05, 0) is 12.8 Å². The molecule has 1 rings (SSSR count). The standard InChI is InChI=1S/C6H9NO3/c8-4-6-2-1-3-7(6)10-5-9/h4-6H,1-3H2. The number of hydrogen-bond donors (Lipinski definition) is 0. The Balaban J connectivity index is 2.41. The summed E-state index contributed by atoms with van der Waals surface area (Å²) in [5, 5.41) is 1.40. The van der Waals surface area contributed by atoms with Crippen LogP contribution in [-0.2, 0) is 14.4 Å². The number of hydrogen-bond acceptors (Lipinski definition) is 4. The van der Waals surface area contributed by atoms with Crippen LogP contribution in [0.15, 0.2) is 0 Å². The quantitative estimate of drug-likeness (QED) is 0.510. The molecule has 0 aromatic rings. The van der Waals surface area contributed by atoms with Crippen LogP contribution in [0.5, 0.6) is 0 Å². The van der Waals surface area contributed by atoms with Gasteiger partial charge in [0.25, 0.3) is 0 Å². The zero-order valence-corrected chi connectivity index (χ0v) is 5.53. The minimum absolute atomic E-state index is 0.217. The first-order valence-corrected chi connectivity index (χ1v) is 3.21. The molecule has 0 bridgehead atoms. The minimum atomic E-state index is -0.217. The lowest BCUT2D eigenvalue weighted by Crippen LogP contribution is -2.30. The second-order valence-corrected chi connectivity index (χ2v) is 2.19. The Morgan fingerprint density at radius 3 is 2.90 bits per heavy atom. The van der Waals surface area contributed by atoms with E-state index < -0.39 is 0 Å². The van der Waals surface area contributed by atoms with Crippen molar-refractivity contribution in [1.29, 1.82) is 0 Å². The monoisotopic (exact) mass is 143 g/mol. The predicted octanol–water partition coefficient (Wildman–Crippen LogP) is -0.262. The minimum Gasteiger partial charge on any atom is -0.370 e. The molecule has 0 aromatic carbocycles. The molecule has 0 N–H and O–H groups in total. The van der Waals surface area contributed by atoms with E-state index in [2.05, 4.69) is 4.84 Å². The second-order valence-electron chi connectivity index (χ2n) is 2.19. The molecule has 0 spiro atoms. The third-order valence-electron chi connectivity index (χ3n) is 1.58. The zero-order chi connectivity index (χ0) is 7.40. The average Bonchev–Trinajstić information content (AvgIpc) is 2.36. The van der Waals surface area contributed by atoms with Gasteiger partial charge in [-0.25, -0.2) is 0 Å². The third-order valence-corrected chi connectivity index (χ3v) is 1.58. The maximum atomic E-state index is 10.3. The molecular formula is C6H9NO3. The van der Waals surface area contributed by atoms with E-state index in [-0.39, 0.29) is 6.04 Å². The van der Waals surface area contributed by atoms with Crippen molar-refractivity contribution in [3.05, 3.63) is 0 Å². The number of carbonyl (C=O) groups is 2. The van der Waals surface area contributed by atoms with E-state index in [1.807, 2.05) is 0 Å². The van der Waals surface area contributed by atoms with Crippen LogP contribution in [0.4, 0.5) is 0 Å². The van der Waals surface area contributed by atoms with Crippen LogP contribution in [-0.4, -0.2) is 30.4 Å². The summed E-state index contributed by atoms with van der Waals surface area (Å²) in [4.78, 5) is 24.6. The molecular weight excluding hydrogens is 134 g/mol. The van der Waals surface area contributed by atoms with Gasteiger partial charge in [0, 0.05) is 6.54 Å². The highest BCUT2D eigenvalue weighted by atomic mass is 16.7. The van der Waals surface area contributed by atoms with Gasteiger partial charge in [0.2, 0.25) is 0 Å². The molecule has 1 saturated heterocycles. The highest BCUT2D eigenvalue weighted by Gasteiger charge is 2.24. The number of carbonyl (C=O) groups excluding carboxylic acids is 2. The number of rotatable bonds is 3. The van der Waals surface area contributed by atoms with Crippen molar-refractivity contribution in [3.63, 3.8) is 0 Å². The molecule has 1 heterocycles. The maximum absolute atomic E-state index is 10.3. The summed E-state index contributed by atoms with van der Waals surface area (Å²) in [6, 6.07) is -0.217. The summed E-state index contributed by atoms with van der Waals surface area (Å²) in [5.41, 5.74) is 0. The van der Waals surface area contributed by atoms with E-state index >= 15 is 0 Å².